The Bertz CT molecular complexity index is 1850. The zero-order chi connectivity index (χ0) is 42.8. The fourth-order valence-electron chi connectivity index (χ4n) is 8.23. The highest BCUT2D eigenvalue weighted by atomic mass is 35.5. The van der Waals surface area contributed by atoms with E-state index in [1.54, 1.807) is 30.5 Å². The molecule has 7 rings (SSSR count). The van der Waals surface area contributed by atoms with Gasteiger partial charge in [0.15, 0.2) is 0 Å². The molecule has 4 aromatic rings. The normalized spacial score (nSPS) is 20.7. The summed E-state index contributed by atoms with van der Waals surface area (Å²) in [7, 11) is 1.65. The molecular formula is C43H62ClN9O9. The second kappa shape index (κ2) is 24.8. The molecule has 0 amide bonds. The second-order valence-corrected chi connectivity index (χ2v) is 16.1. The summed E-state index contributed by atoms with van der Waals surface area (Å²) in [4.78, 5) is 16.1. The van der Waals surface area contributed by atoms with Crippen molar-refractivity contribution < 1.29 is 42.6 Å². The van der Waals surface area contributed by atoms with Crippen LogP contribution in [-0.2, 0) is 39.7 Å². The molecule has 3 fully saturated rings. The van der Waals surface area contributed by atoms with Crippen LogP contribution in [0.25, 0.3) is 11.1 Å². The second-order valence-electron chi connectivity index (χ2n) is 15.7. The molecule has 0 radical (unpaired) electrons. The van der Waals surface area contributed by atoms with Gasteiger partial charge in [-0.05, 0) is 63.1 Å². The number of nitrogens with one attached hydrogen (secondary N) is 1. The number of anilines is 2. The monoisotopic (exact) mass is 883 g/mol. The molecule has 0 unspecified atom stereocenters. The molecule has 62 heavy (non-hydrogen) atoms. The highest BCUT2D eigenvalue weighted by Gasteiger charge is 2.42. The van der Waals surface area contributed by atoms with Crippen LogP contribution in [0, 0.1) is 0 Å². The molecule has 2 saturated heterocycles. The number of benzene rings is 1. The van der Waals surface area contributed by atoms with Crippen LogP contribution in [0.5, 0.6) is 11.6 Å². The number of rotatable bonds is 28. The van der Waals surface area contributed by atoms with Gasteiger partial charge < -0.3 is 47.9 Å². The topological polar surface area (TPSA) is 173 Å². The smallest absolute Gasteiger partial charge is 0.257 e. The van der Waals surface area contributed by atoms with Crippen LogP contribution in [-0.4, -0.2) is 163 Å². The molecule has 3 aromatic heterocycles. The molecule has 2 bridgehead atoms. The van der Waals surface area contributed by atoms with E-state index in [4.69, 9.17) is 59.3 Å². The fraction of sp³-hybridized carbons (Fsp3) is 0.651. The lowest BCUT2D eigenvalue weighted by Crippen LogP contribution is -2.52. The summed E-state index contributed by atoms with van der Waals surface area (Å²) < 4.78 is 54.8. The lowest BCUT2D eigenvalue weighted by atomic mass is 9.89. The van der Waals surface area contributed by atoms with E-state index in [0.717, 1.165) is 50.0 Å². The molecule has 5 heterocycles. The van der Waals surface area contributed by atoms with Crippen molar-refractivity contribution >= 4 is 23.2 Å². The number of nitrogens with zero attached hydrogens (tertiary/aromatic N) is 8. The Hall–Kier alpha value is -3.98. The van der Waals surface area contributed by atoms with Gasteiger partial charge in [-0.3, -0.25) is 9.58 Å². The maximum atomic E-state index is 6.52. The molecule has 0 spiro atoms. The summed E-state index contributed by atoms with van der Waals surface area (Å²) in [5.41, 5.74) is 2.38. The average molecular weight is 884 g/mol. The highest BCUT2D eigenvalue weighted by Crippen LogP contribution is 2.40. The Morgan fingerprint density at radius 1 is 0.758 bits per heavy atom. The van der Waals surface area contributed by atoms with E-state index in [1.807, 2.05) is 31.3 Å². The van der Waals surface area contributed by atoms with Crippen molar-refractivity contribution in [2.45, 2.75) is 82.3 Å². The first-order chi connectivity index (χ1) is 30.5. The first kappa shape index (κ1) is 46.0. The van der Waals surface area contributed by atoms with Crippen LogP contribution in [0.15, 0.2) is 49.4 Å². The molecule has 1 saturated carbocycles. The quantitative estimate of drug-likeness (QED) is 0.0733. The predicted octanol–water partition coefficient (Wildman–Crippen LogP) is 5.25. The highest BCUT2D eigenvalue weighted by molar-refractivity contribution is 6.32. The average Bonchev–Trinajstić information content (AvgIpc) is 4.01. The third-order valence-corrected chi connectivity index (χ3v) is 11.6. The Balaban J connectivity index is 0.882. The first-order valence-electron chi connectivity index (χ1n) is 21.9. The predicted molar refractivity (Wildman–Crippen MR) is 230 cm³/mol. The standard InChI is InChI=1S/C43H62ClN9O9/c1-32(26-51-31-45-30-48-51)62-41-23-33(3-10-39(41)44)34-24-46-43(47-25-34)49-40-27-52(35-4-6-36(7-5-35)53-37-8-9-38(53)29-60-28-37)50-42(40)61-22-21-59-20-19-58-18-17-57-16-15-56-14-13-55-12-11-54-2/h3,10,23-25,27,30-32,35-38H,4-9,11-22,26,28-29H2,1-2H3,(H,46,47,49)/t32-,35-,36-,37-,38+/m0/s1. The van der Waals surface area contributed by atoms with E-state index >= 15 is 0 Å². The molecule has 1 aromatic carbocycles. The van der Waals surface area contributed by atoms with Crippen LogP contribution in [0.3, 0.4) is 0 Å². The summed E-state index contributed by atoms with van der Waals surface area (Å²) in [6.45, 7) is 10.0. The van der Waals surface area contributed by atoms with Gasteiger partial charge in [-0.15, -0.1) is 5.10 Å². The minimum atomic E-state index is -0.184. The van der Waals surface area contributed by atoms with E-state index in [1.165, 1.54) is 19.2 Å². The number of halogens is 1. The van der Waals surface area contributed by atoms with Crippen LogP contribution < -0.4 is 14.8 Å². The van der Waals surface area contributed by atoms with E-state index in [-0.39, 0.29) is 12.1 Å². The lowest BCUT2D eigenvalue weighted by Gasteiger charge is -2.43. The van der Waals surface area contributed by atoms with Crippen LogP contribution in [0.2, 0.25) is 5.02 Å². The van der Waals surface area contributed by atoms with Crippen molar-refractivity contribution in [2.75, 3.05) is 105 Å². The Kier molecular flexibility index (Phi) is 18.4. The van der Waals surface area contributed by atoms with Gasteiger partial charge in [-0.1, -0.05) is 17.7 Å². The number of hydrogen-bond donors (Lipinski definition) is 1. The Morgan fingerprint density at radius 2 is 1.35 bits per heavy atom. The first-order valence-corrected chi connectivity index (χ1v) is 22.2. The number of methoxy groups -OCH3 is 1. The number of ether oxygens (including phenoxy) is 9. The largest absolute Gasteiger partial charge is 0.487 e. The maximum absolute atomic E-state index is 6.52. The van der Waals surface area contributed by atoms with Gasteiger partial charge in [0.05, 0.1) is 110 Å². The van der Waals surface area contributed by atoms with E-state index in [9.17, 15) is 0 Å². The SMILES string of the molecule is COCCOCCOCCOCCOCCOCCOc1nn([C@H]2CC[C@H](N3[C@@H]4CC[C@H]3COC4)CC2)cc1Nc1ncc(-c2ccc(Cl)c(O[C@@H](C)Cn3cncn3)c2)cn1. The van der Waals surface area contributed by atoms with Crippen molar-refractivity contribution in [3.8, 4) is 22.8 Å². The molecule has 1 N–H and O–H groups in total. The maximum Gasteiger partial charge on any atom is 0.257 e. The fourth-order valence-corrected chi connectivity index (χ4v) is 8.39. The van der Waals surface area contributed by atoms with Gasteiger partial charge in [-0.2, -0.15) is 5.10 Å². The van der Waals surface area contributed by atoms with Crippen LogP contribution in [0.4, 0.5) is 11.6 Å². The summed E-state index contributed by atoms with van der Waals surface area (Å²) in [5, 5.41) is 13.0. The third-order valence-electron chi connectivity index (χ3n) is 11.2. The molecule has 19 heteroatoms. The molecule has 1 aliphatic carbocycles. The van der Waals surface area contributed by atoms with E-state index < -0.39 is 0 Å². The minimum absolute atomic E-state index is 0.184. The summed E-state index contributed by atoms with van der Waals surface area (Å²) in [6, 6.07) is 7.63. The van der Waals surface area contributed by atoms with Crippen molar-refractivity contribution in [1.82, 2.24) is 39.4 Å². The Labute approximate surface area is 368 Å². The molecule has 3 atom stereocenters. The lowest BCUT2D eigenvalue weighted by molar-refractivity contribution is -0.0458. The zero-order valence-electron chi connectivity index (χ0n) is 36.0. The summed E-state index contributed by atoms with van der Waals surface area (Å²) in [5.74, 6) is 1.46. The van der Waals surface area contributed by atoms with Gasteiger partial charge in [0.25, 0.3) is 5.88 Å². The van der Waals surface area contributed by atoms with Gasteiger partial charge in [0.2, 0.25) is 5.95 Å². The molecule has 18 nitrogen and oxygen atoms in total. The van der Waals surface area contributed by atoms with Gasteiger partial charge in [0, 0.05) is 43.2 Å². The van der Waals surface area contributed by atoms with Gasteiger partial charge in [0.1, 0.15) is 36.8 Å². The molecular weight excluding hydrogens is 822 g/mol. The molecule has 340 valence electrons. The summed E-state index contributed by atoms with van der Waals surface area (Å²) >= 11 is 6.52. The number of morpholine rings is 1. The van der Waals surface area contributed by atoms with Crippen LogP contribution in [0.1, 0.15) is 51.5 Å². The molecule has 2 aliphatic heterocycles. The summed E-state index contributed by atoms with van der Waals surface area (Å²) in [6.07, 6.45) is 15.4. The third kappa shape index (κ3) is 13.8. The van der Waals surface area contributed by atoms with Crippen molar-refractivity contribution in [3.05, 3.63) is 54.5 Å². The van der Waals surface area contributed by atoms with Crippen molar-refractivity contribution in [2.24, 2.45) is 0 Å². The number of aromatic nitrogens is 7. The van der Waals surface area contributed by atoms with Crippen molar-refractivity contribution in [3.63, 3.8) is 0 Å². The van der Waals surface area contributed by atoms with Gasteiger partial charge in [-0.25, -0.2) is 19.6 Å². The number of fused-ring (bicyclic) bond motifs is 2. The van der Waals surface area contributed by atoms with Crippen LogP contribution >= 0.6 is 11.6 Å². The molecule has 3 aliphatic rings. The zero-order valence-corrected chi connectivity index (χ0v) is 36.7. The van der Waals surface area contributed by atoms with Gasteiger partial charge >= 0.3 is 0 Å². The minimum Gasteiger partial charge on any atom is -0.487 e. The van der Waals surface area contributed by atoms with Crippen molar-refractivity contribution in [1.29, 1.82) is 0 Å². The van der Waals surface area contributed by atoms with E-state index in [2.05, 4.69) is 34.9 Å². The van der Waals surface area contributed by atoms with E-state index in [0.29, 0.717) is 132 Å². The Morgan fingerprint density at radius 3 is 1.97 bits per heavy atom. The number of hydrogen-bond acceptors (Lipinski definition) is 16.